The number of benzene rings is 2. The fourth-order valence-electron chi connectivity index (χ4n) is 4.02. The molecule has 4 rings (SSSR count). The quantitative estimate of drug-likeness (QED) is 0.588. The molecule has 1 amide bonds. The molecule has 1 N–H and O–H groups in total. The minimum Gasteiger partial charge on any atom is -0.497 e. The molecule has 2 heterocycles. The third kappa shape index (κ3) is 4.66. The van der Waals surface area contributed by atoms with Crippen molar-refractivity contribution in [3.63, 3.8) is 0 Å². The van der Waals surface area contributed by atoms with Crippen LogP contribution in [0.3, 0.4) is 0 Å². The largest absolute Gasteiger partial charge is 0.497 e. The minimum atomic E-state index is -0.112. The van der Waals surface area contributed by atoms with Crippen LogP contribution >= 0.6 is 11.3 Å². The number of thiophene rings is 1. The first-order valence-corrected chi connectivity index (χ1v) is 11.3. The van der Waals surface area contributed by atoms with Crippen molar-refractivity contribution in [2.75, 3.05) is 38.7 Å². The Morgan fingerprint density at radius 1 is 1.06 bits per heavy atom. The zero-order chi connectivity index (χ0) is 21.8. The number of nitrogens with one attached hydrogen (secondary N) is 1. The molecule has 31 heavy (non-hydrogen) atoms. The Morgan fingerprint density at radius 2 is 1.74 bits per heavy atom. The van der Waals surface area contributed by atoms with Gasteiger partial charge in [0.2, 0.25) is 0 Å². The molecule has 0 saturated carbocycles. The van der Waals surface area contributed by atoms with Gasteiger partial charge in [-0.2, -0.15) is 0 Å². The standard InChI is InChI=1S/C25H28N2O3S/c1-17-18(2)31-25(26-24(28)20-9-11-21(29-3)12-10-20)22(17)23(19-7-5-4-6-8-19)27-13-15-30-16-14-27/h4-12,23H,13-16H2,1-3H3,(H,26,28). The molecule has 5 nitrogen and oxygen atoms in total. The van der Waals surface area contributed by atoms with Gasteiger partial charge in [-0.3, -0.25) is 9.69 Å². The number of anilines is 1. The molecule has 1 aliphatic heterocycles. The highest BCUT2D eigenvalue weighted by Crippen LogP contribution is 2.42. The molecular formula is C25H28N2O3S. The van der Waals surface area contributed by atoms with Crippen LogP contribution < -0.4 is 10.1 Å². The lowest BCUT2D eigenvalue weighted by atomic mass is 9.94. The van der Waals surface area contributed by atoms with Crippen LogP contribution in [0.15, 0.2) is 54.6 Å². The average Bonchev–Trinajstić information content (AvgIpc) is 3.08. The normalized spacial score (nSPS) is 15.5. The van der Waals surface area contributed by atoms with Crippen LogP contribution in [0.2, 0.25) is 0 Å². The number of rotatable bonds is 6. The first-order chi connectivity index (χ1) is 15.1. The van der Waals surface area contributed by atoms with Gasteiger partial charge in [-0.15, -0.1) is 11.3 Å². The number of methoxy groups -OCH3 is 1. The Balaban J connectivity index is 1.71. The van der Waals surface area contributed by atoms with E-state index in [4.69, 9.17) is 9.47 Å². The monoisotopic (exact) mass is 436 g/mol. The molecule has 3 aromatic rings. The van der Waals surface area contributed by atoms with Crippen molar-refractivity contribution in [3.8, 4) is 5.75 Å². The van der Waals surface area contributed by atoms with Crippen LogP contribution in [0.4, 0.5) is 5.00 Å². The van der Waals surface area contributed by atoms with Crippen LogP contribution in [0.1, 0.15) is 38.0 Å². The summed E-state index contributed by atoms with van der Waals surface area (Å²) >= 11 is 1.64. The van der Waals surface area contributed by atoms with Gasteiger partial charge >= 0.3 is 0 Å². The Morgan fingerprint density at radius 3 is 2.39 bits per heavy atom. The van der Waals surface area contributed by atoms with Crippen LogP contribution in [0.5, 0.6) is 5.75 Å². The molecule has 1 fully saturated rings. The van der Waals surface area contributed by atoms with E-state index >= 15 is 0 Å². The number of amides is 1. The maximum absolute atomic E-state index is 13.0. The predicted molar refractivity (Wildman–Crippen MR) is 125 cm³/mol. The van der Waals surface area contributed by atoms with E-state index in [0.29, 0.717) is 5.56 Å². The van der Waals surface area contributed by atoms with Crippen LogP contribution in [-0.4, -0.2) is 44.2 Å². The van der Waals surface area contributed by atoms with Gasteiger partial charge in [0.15, 0.2) is 0 Å². The first kappa shape index (κ1) is 21.6. The fourth-order valence-corrected chi connectivity index (χ4v) is 5.10. The summed E-state index contributed by atoms with van der Waals surface area (Å²) in [4.78, 5) is 16.7. The number of hydrogen-bond donors (Lipinski definition) is 1. The molecule has 162 valence electrons. The van der Waals surface area contributed by atoms with E-state index in [9.17, 15) is 4.79 Å². The molecule has 2 aromatic carbocycles. The highest BCUT2D eigenvalue weighted by Gasteiger charge is 2.30. The maximum Gasteiger partial charge on any atom is 0.256 e. The Labute approximate surface area is 187 Å². The van der Waals surface area contributed by atoms with Gasteiger partial charge in [-0.05, 0) is 49.2 Å². The lowest BCUT2D eigenvalue weighted by Gasteiger charge is -2.35. The summed E-state index contributed by atoms with van der Waals surface area (Å²) in [6.07, 6.45) is 0. The van der Waals surface area contributed by atoms with E-state index in [2.05, 4.69) is 48.3 Å². The van der Waals surface area contributed by atoms with E-state index in [-0.39, 0.29) is 11.9 Å². The van der Waals surface area contributed by atoms with Crippen LogP contribution in [-0.2, 0) is 4.74 Å². The number of carbonyl (C=O) groups excluding carboxylic acids is 1. The number of ether oxygens (including phenoxy) is 2. The number of hydrogen-bond acceptors (Lipinski definition) is 5. The van der Waals surface area contributed by atoms with Crippen molar-refractivity contribution in [1.82, 2.24) is 4.90 Å². The molecule has 1 saturated heterocycles. The summed E-state index contributed by atoms with van der Waals surface area (Å²) in [6.45, 7) is 7.44. The average molecular weight is 437 g/mol. The SMILES string of the molecule is COc1ccc(C(=O)Nc2sc(C)c(C)c2C(c2ccccc2)N2CCOCC2)cc1. The fraction of sp³-hybridized carbons (Fsp3) is 0.320. The zero-order valence-corrected chi connectivity index (χ0v) is 19.0. The third-order valence-electron chi connectivity index (χ3n) is 5.81. The number of aryl methyl sites for hydroxylation is 1. The third-order valence-corrected chi connectivity index (χ3v) is 6.95. The Kier molecular flexibility index (Phi) is 6.70. The summed E-state index contributed by atoms with van der Waals surface area (Å²) in [6, 6.07) is 17.8. The van der Waals surface area contributed by atoms with Gasteiger partial charge < -0.3 is 14.8 Å². The highest BCUT2D eigenvalue weighted by molar-refractivity contribution is 7.16. The molecule has 0 spiro atoms. The van der Waals surface area contributed by atoms with Crippen molar-refractivity contribution in [2.45, 2.75) is 19.9 Å². The van der Waals surface area contributed by atoms with E-state index < -0.39 is 0 Å². The van der Waals surface area contributed by atoms with E-state index in [1.165, 1.54) is 21.6 Å². The van der Waals surface area contributed by atoms with E-state index in [1.807, 2.05) is 6.07 Å². The summed E-state index contributed by atoms with van der Waals surface area (Å²) in [5.41, 5.74) is 4.25. The second-order valence-corrected chi connectivity index (χ2v) is 8.89. The predicted octanol–water partition coefficient (Wildman–Crippen LogP) is 5.05. The molecule has 1 atom stereocenters. The number of carbonyl (C=O) groups is 1. The highest BCUT2D eigenvalue weighted by atomic mass is 32.1. The Bertz CT molecular complexity index is 1020. The van der Waals surface area contributed by atoms with Crippen molar-refractivity contribution in [1.29, 1.82) is 0 Å². The molecule has 0 aliphatic carbocycles. The van der Waals surface area contributed by atoms with Gasteiger partial charge in [-0.25, -0.2) is 0 Å². The van der Waals surface area contributed by atoms with Crippen molar-refractivity contribution >= 4 is 22.2 Å². The molecule has 0 radical (unpaired) electrons. The summed E-state index contributed by atoms with van der Waals surface area (Å²) in [5, 5.41) is 4.11. The second-order valence-electron chi connectivity index (χ2n) is 7.67. The van der Waals surface area contributed by atoms with Gasteiger partial charge in [-0.1, -0.05) is 30.3 Å². The van der Waals surface area contributed by atoms with Crippen molar-refractivity contribution in [2.24, 2.45) is 0 Å². The summed E-state index contributed by atoms with van der Waals surface area (Å²) < 4.78 is 10.8. The van der Waals surface area contributed by atoms with Crippen molar-refractivity contribution < 1.29 is 14.3 Å². The van der Waals surface area contributed by atoms with E-state index in [1.54, 1.807) is 42.7 Å². The molecule has 6 heteroatoms. The molecule has 1 aliphatic rings. The van der Waals surface area contributed by atoms with Gasteiger partial charge in [0.25, 0.3) is 5.91 Å². The van der Waals surface area contributed by atoms with Gasteiger partial charge in [0, 0.05) is 29.1 Å². The van der Waals surface area contributed by atoms with E-state index in [0.717, 1.165) is 37.1 Å². The van der Waals surface area contributed by atoms with Gasteiger partial charge in [0.1, 0.15) is 10.8 Å². The minimum absolute atomic E-state index is 0.0706. The van der Waals surface area contributed by atoms with Crippen LogP contribution in [0, 0.1) is 13.8 Å². The molecular weight excluding hydrogens is 408 g/mol. The Hall–Kier alpha value is -2.67. The lowest BCUT2D eigenvalue weighted by molar-refractivity contribution is 0.0240. The summed E-state index contributed by atoms with van der Waals surface area (Å²) in [7, 11) is 1.62. The first-order valence-electron chi connectivity index (χ1n) is 10.5. The van der Waals surface area contributed by atoms with Crippen molar-refractivity contribution in [3.05, 3.63) is 81.7 Å². The molecule has 1 aromatic heterocycles. The maximum atomic E-state index is 13.0. The van der Waals surface area contributed by atoms with Gasteiger partial charge in [0.05, 0.1) is 26.4 Å². The molecule has 0 bridgehead atoms. The molecule has 1 unspecified atom stereocenters. The zero-order valence-electron chi connectivity index (χ0n) is 18.2. The number of nitrogens with zero attached hydrogens (tertiary/aromatic N) is 1. The topological polar surface area (TPSA) is 50.8 Å². The summed E-state index contributed by atoms with van der Waals surface area (Å²) in [5.74, 6) is 0.621. The van der Waals surface area contributed by atoms with Crippen LogP contribution in [0.25, 0.3) is 0 Å². The lowest BCUT2D eigenvalue weighted by Crippen LogP contribution is -2.39. The number of morpholine rings is 1. The second kappa shape index (κ2) is 9.64. The smallest absolute Gasteiger partial charge is 0.256 e.